The van der Waals surface area contributed by atoms with Crippen LogP contribution in [0.25, 0.3) is 0 Å². The molecule has 0 bridgehead atoms. The molecule has 0 saturated carbocycles. The van der Waals surface area contributed by atoms with Gasteiger partial charge in [-0.1, -0.05) is 18.2 Å². The lowest BCUT2D eigenvalue weighted by molar-refractivity contribution is -0.142. The van der Waals surface area contributed by atoms with Crippen molar-refractivity contribution in [2.45, 2.75) is 39.8 Å². The third-order valence-electron chi connectivity index (χ3n) is 4.93. The first-order valence-corrected chi connectivity index (χ1v) is 9.21. The molecule has 0 fully saturated rings. The average Bonchev–Trinajstić information content (AvgIpc) is 2.65. The maximum Gasteiger partial charge on any atom is 0.416 e. The zero-order valence-electron chi connectivity index (χ0n) is 17.0. The van der Waals surface area contributed by atoms with Gasteiger partial charge in [-0.05, 0) is 39.3 Å². The van der Waals surface area contributed by atoms with Crippen molar-refractivity contribution in [3.63, 3.8) is 0 Å². The third-order valence-corrected chi connectivity index (χ3v) is 4.93. The molecule has 2 rings (SSSR count). The monoisotopic (exact) mass is 411 g/mol. The largest absolute Gasteiger partial charge is 0.463 e. The van der Waals surface area contributed by atoms with E-state index >= 15 is 0 Å². The van der Waals surface area contributed by atoms with E-state index < -0.39 is 29.6 Å². The minimum Gasteiger partial charge on any atom is -0.463 e. The zero-order valence-corrected chi connectivity index (χ0v) is 17.0. The molecule has 0 unspecified atom stereocenters. The Morgan fingerprint density at radius 1 is 0.966 bits per heavy atom. The number of esters is 2. The fourth-order valence-electron chi connectivity index (χ4n) is 3.44. The number of carbonyl (C=O) groups is 2. The van der Waals surface area contributed by atoms with Crippen LogP contribution in [0, 0.1) is 0 Å². The van der Waals surface area contributed by atoms with E-state index in [1.54, 1.807) is 39.6 Å². The highest BCUT2D eigenvalue weighted by Gasteiger charge is 2.44. The lowest BCUT2D eigenvalue weighted by atomic mass is 9.78. The predicted octanol–water partition coefficient (Wildman–Crippen LogP) is 4.41. The first-order valence-electron chi connectivity index (χ1n) is 9.21. The zero-order chi connectivity index (χ0) is 21.9. The number of alkyl halides is 3. The first-order chi connectivity index (χ1) is 13.6. The maximum atomic E-state index is 13.8. The molecule has 0 N–H and O–H groups in total. The van der Waals surface area contributed by atoms with Crippen LogP contribution in [-0.2, 0) is 25.2 Å². The lowest BCUT2D eigenvalue weighted by Gasteiger charge is -2.36. The molecule has 0 amide bonds. The summed E-state index contributed by atoms with van der Waals surface area (Å²) in [6.07, 6.45) is -4.67. The number of allylic oxidation sites excluding steroid dienone is 2. The molecule has 0 aromatic heterocycles. The Bertz CT molecular complexity index is 829. The molecule has 1 heterocycles. The first kappa shape index (κ1) is 22.5. The fraction of sp³-hybridized carbons (Fsp3) is 0.429. The van der Waals surface area contributed by atoms with Crippen LogP contribution in [0.1, 0.15) is 44.7 Å². The van der Waals surface area contributed by atoms with Crippen molar-refractivity contribution in [2.24, 2.45) is 0 Å². The van der Waals surface area contributed by atoms with Gasteiger partial charge in [0.15, 0.2) is 0 Å². The number of nitrogens with zero attached hydrogens (tertiary/aromatic N) is 1. The lowest BCUT2D eigenvalue weighted by Crippen LogP contribution is -2.34. The van der Waals surface area contributed by atoms with E-state index in [4.69, 9.17) is 9.47 Å². The Hall–Kier alpha value is -2.77. The Morgan fingerprint density at radius 3 is 1.83 bits per heavy atom. The summed E-state index contributed by atoms with van der Waals surface area (Å²) in [5.74, 6) is -2.80. The molecule has 0 atom stereocenters. The van der Waals surface area contributed by atoms with Crippen LogP contribution in [0.5, 0.6) is 0 Å². The van der Waals surface area contributed by atoms with E-state index in [0.717, 1.165) is 6.07 Å². The summed E-state index contributed by atoms with van der Waals surface area (Å²) >= 11 is 0. The van der Waals surface area contributed by atoms with Crippen molar-refractivity contribution in [1.82, 2.24) is 4.90 Å². The number of halogens is 3. The molecular formula is C21H24F3NO4. The number of benzene rings is 1. The Kier molecular flexibility index (Phi) is 6.77. The molecule has 0 radical (unpaired) electrons. The molecule has 1 aromatic rings. The highest BCUT2D eigenvalue weighted by molar-refractivity contribution is 6.00. The second kappa shape index (κ2) is 8.71. The van der Waals surface area contributed by atoms with E-state index in [-0.39, 0.29) is 29.9 Å². The van der Waals surface area contributed by atoms with E-state index in [1.165, 1.54) is 18.2 Å². The summed E-state index contributed by atoms with van der Waals surface area (Å²) < 4.78 is 51.5. The van der Waals surface area contributed by atoms with Crippen LogP contribution in [-0.4, -0.2) is 37.1 Å². The number of carbonyl (C=O) groups excluding carboxylic acids is 2. The Balaban J connectivity index is 2.85. The minimum atomic E-state index is -4.67. The summed E-state index contributed by atoms with van der Waals surface area (Å²) in [6.45, 7) is 6.52. The summed E-state index contributed by atoms with van der Waals surface area (Å²) in [5, 5.41) is 0. The van der Waals surface area contributed by atoms with Gasteiger partial charge in [0.2, 0.25) is 0 Å². The highest BCUT2D eigenvalue weighted by Crippen LogP contribution is 2.46. The molecule has 5 nitrogen and oxygen atoms in total. The van der Waals surface area contributed by atoms with Gasteiger partial charge in [0, 0.05) is 18.4 Å². The minimum absolute atomic E-state index is 0.0142. The maximum absolute atomic E-state index is 13.8. The van der Waals surface area contributed by atoms with Crippen LogP contribution in [0.2, 0.25) is 0 Å². The van der Waals surface area contributed by atoms with Gasteiger partial charge in [0.05, 0.1) is 35.8 Å². The molecular weight excluding hydrogens is 387 g/mol. The van der Waals surface area contributed by atoms with Gasteiger partial charge in [-0.3, -0.25) is 0 Å². The summed E-state index contributed by atoms with van der Waals surface area (Å²) in [4.78, 5) is 27.1. The molecule has 1 aromatic carbocycles. The molecule has 1 aliphatic heterocycles. The van der Waals surface area contributed by atoms with Crippen molar-refractivity contribution in [3.05, 3.63) is 57.9 Å². The topological polar surface area (TPSA) is 55.8 Å². The van der Waals surface area contributed by atoms with Crippen LogP contribution in [0.3, 0.4) is 0 Å². The third kappa shape index (κ3) is 4.31. The molecule has 1 aliphatic rings. The van der Waals surface area contributed by atoms with Gasteiger partial charge in [-0.2, -0.15) is 13.2 Å². The Morgan fingerprint density at radius 2 is 1.41 bits per heavy atom. The summed E-state index contributed by atoms with van der Waals surface area (Å²) in [7, 11) is 1.63. The van der Waals surface area contributed by atoms with Crippen LogP contribution in [0.4, 0.5) is 13.2 Å². The standard InChI is InChI=1S/C21H24F3NO4/c1-6-28-19(26)16-12(3)25(5)13(4)17(20(27)29-7-2)18(16)14-10-8-9-11-15(14)21(22,23)24/h8-11,18H,6-7H2,1-5H3. The van der Waals surface area contributed by atoms with Gasteiger partial charge < -0.3 is 14.4 Å². The van der Waals surface area contributed by atoms with E-state index in [1.807, 2.05) is 0 Å². The normalized spacial score (nSPS) is 15.7. The van der Waals surface area contributed by atoms with Crippen LogP contribution in [0.15, 0.2) is 46.8 Å². The quantitative estimate of drug-likeness (QED) is 0.672. The number of ether oxygens (including phenoxy) is 2. The summed E-state index contributed by atoms with van der Waals surface area (Å²) in [5.41, 5.74) is -0.317. The Labute approximate surface area is 167 Å². The molecule has 0 spiro atoms. The number of hydrogen-bond acceptors (Lipinski definition) is 5. The molecule has 8 heteroatoms. The number of hydrogen-bond donors (Lipinski definition) is 0. The molecule has 158 valence electrons. The van der Waals surface area contributed by atoms with Gasteiger partial charge in [0.25, 0.3) is 0 Å². The SMILES string of the molecule is CCOC(=O)C1=C(C)N(C)C(C)=C(C(=O)OCC)C1c1ccccc1C(F)(F)F. The second-order valence-electron chi connectivity index (χ2n) is 6.52. The molecule has 0 aliphatic carbocycles. The molecule has 29 heavy (non-hydrogen) atoms. The van der Waals surface area contributed by atoms with Crippen molar-refractivity contribution in [1.29, 1.82) is 0 Å². The van der Waals surface area contributed by atoms with Crippen LogP contribution >= 0.6 is 0 Å². The second-order valence-corrected chi connectivity index (χ2v) is 6.52. The highest BCUT2D eigenvalue weighted by atomic mass is 19.4. The van der Waals surface area contributed by atoms with Crippen molar-refractivity contribution in [3.8, 4) is 0 Å². The molecule has 0 saturated heterocycles. The van der Waals surface area contributed by atoms with E-state index in [0.29, 0.717) is 11.4 Å². The van der Waals surface area contributed by atoms with Crippen molar-refractivity contribution >= 4 is 11.9 Å². The fourth-order valence-corrected chi connectivity index (χ4v) is 3.44. The van der Waals surface area contributed by atoms with Gasteiger partial charge in [-0.15, -0.1) is 0 Å². The van der Waals surface area contributed by atoms with Gasteiger partial charge in [0.1, 0.15) is 0 Å². The van der Waals surface area contributed by atoms with Gasteiger partial charge in [-0.25, -0.2) is 9.59 Å². The average molecular weight is 411 g/mol. The smallest absolute Gasteiger partial charge is 0.416 e. The van der Waals surface area contributed by atoms with E-state index in [9.17, 15) is 22.8 Å². The van der Waals surface area contributed by atoms with Crippen molar-refractivity contribution in [2.75, 3.05) is 20.3 Å². The number of rotatable bonds is 5. The van der Waals surface area contributed by atoms with Crippen molar-refractivity contribution < 1.29 is 32.2 Å². The predicted molar refractivity (Wildman–Crippen MR) is 101 cm³/mol. The van der Waals surface area contributed by atoms with E-state index in [2.05, 4.69) is 0 Å². The van der Waals surface area contributed by atoms with Crippen LogP contribution < -0.4 is 0 Å². The summed E-state index contributed by atoms with van der Waals surface area (Å²) in [6, 6.07) is 4.92. The van der Waals surface area contributed by atoms with Gasteiger partial charge >= 0.3 is 18.1 Å².